The monoisotopic (exact) mass is 190 g/mol. The molecular formula is C11H14N2O. The second-order valence-corrected chi connectivity index (χ2v) is 3.58. The zero-order chi connectivity index (χ0) is 10.1. The molecule has 0 saturated carbocycles. The quantitative estimate of drug-likeness (QED) is 0.705. The maximum atomic E-state index is 9.67. The van der Waals surface area contributed by atoms with E-state index in [0.29, 0.717) is 0 Å². The average Bonchev–Trinajstić information content (AvgIpc) is 2.47. The fourth-order valence-corrected chi connectivity index (χ4v) is 1.51. The van der Waals surface area contributed by atoms with Crippen molar-refractivity contribution < 1.29 is 5.11 Å². The molecule has 0 unspecified atom stereocenters. The maximum Gasteiger partial charge on any atom is 0.166 e. The lowest BCUT2D eigenvalue weighted by atomic mass is 10.2. The Labute approximate surface area is 83.6 Å². The molecule has 0 radical (unpaired) electrons. The van der Waals surface area contributed by atoms with Crippen molar-refractivity contribution in [2.75, 3.05) is 5.01 Å². The number of benzene rings is 1. The van der Waals surface area contributed by atoms with Crippen LogP contribution in [0.15, 0.2) is 36.0 Å². The number of anilines is 1. The number of aliphatic hydroxyl groups is 1. The predicted octanol–water partition coefficient (Wildman–Crippen LogP) is 1.54. The first-order valence-electron chi connectivity index (χ1n) is 4.66. The highest BCUT2D eigenvalue weighted by Gasteiger charge is 2.19. The molecule has 3 nitrogen and oxygen atoms in total. The van der Waals surface area contributed by atoms with Crippen LogP contribution in [0.25, 0.3) is 0 Å². The van der Waals surface area contributed by atoms with E-state index in [1.807, 2.05) is 38.1 Å². The molecule has 2 rings (SSSR count). The Kier molecular flexibility index (Phi) is 2.17. The maximum absolute atomic E-state index is 9.67. The van der Waals surface area contributed by atoms with Crippen molar-refractivity contribution in [1.29, 1.82) is 0 Å². The molecule has 0 saturated heterocycles. The van der Waals surface area contributed by atoms with Gasteiger partial charge in [-0.3, -0.25) is 5.01 Å². The Balaban J connectivity index is 2.21. The molecule has 1 heterocycles. The molecule has 0 aliphatic carbocycles. The van der Waals surface area contributed by atoms with Crippen LogP contribution in [0.1, 0.15) is 12.5 Å². The van der Waals surface area contributed by atoms with E-state index in [9.17, 15) is 5.11 Å². The van der Waals surface area contributed by atoms with Gasteiger partial charge in [-0.1, -0.05) is 17.7 Å². The lowest BCUT2D eigenvalue weighted by Crippen LogP contribution is -2.38. The molecule has 0 bridgehead atoms. The molecule has 2 N–H and O–H groups in total. The summed E-state index contributed by atoms with van der Waals surface area (Å²) in [6, 6.07) is 8.02. The van der Waals surface area contributed by atoms with Gasteiger partial charge in [-0.05, 0) is 32.1 Å². The third kappa shape index (κ3) is 1.59. The van der Waals surface area contributed by atoms with E-state index in [-0.39, 0.29) is 0 Å². The highest BCUT2D eigenvalue weighted by Crippen LogP contribution is 2.19. The van der Waals surface area contributed by atoms with Crippen LogP contribution in [-0.2, 0) is 0 Å². The molecule has 14 heavy (non-hydrogen) atoms. The molecule has 0 aromatic heterocycles. The zero-order valence-electron chi connectivity index (χ0n) is 8.36. The number of aryl methyl sites for hydroxylation is 1. The first-order valence-corrected chi connectivity index (χ1v) is 4.66. The lowest BCUT2D eigenvalue weighted by Gasteiger charge is -2.23. The van der Waals surface area contributed by atoms with Gasteiger partial charge in [0.05, 0.1) is 5.69 Å². The highest BCUT2D eigenvalue weighted by molar-refractivity contribution is 5.49. The van der Waals surface area contributed by atoms with Crippen LogP contribution in [0.4, 0.5) is 5.69 Å². The Morgan fingerprint density at radius 3 is 2.36 bits per heavy atom. The molecule has 1 aromatic rings. The predicted molar refractivity (Wildman–Crippen MR) is 56.6 cm³/mol. The Morgan fingerprint density at radius 1 is 1.21 bits per heavy atom. The second kappa shape index (κ2) is 3.35. The number of nitrogens with one attached hydrogen (secondary N) is 1. The van der Waals surface area contributed by atoms with Crippen LogP contribution in [-0.4, -0.2) is 11.3 Å². The Morgan fingerprint density at radius 2 is 1.86 bits per heavy atom. The summed E-state index contributed by atoms with van der Waals surface area (Å²) in [5.74, 6) is 0. The lowest BCUT2D eigenvalue weighted by molar-refractivity contribution is 0.218. The number of rotatable bonds is 1. The number of allylic oxidation sites excluding steroid dienone is 1. The topological polar surface area (TPSA) is 35.5 Å². The van der Waals surface area contributed by atoms with Crippen LogP contribution >= 0.6 is 0 Å². The van der Waals surface area contributed by atoms with Crippen LogP contribution < -0.4 is 10.4 Å². The normalized spacial score (nSPS) is 20.6. The first kappa shape index (κ1) is 9.09. The van der Waals surface area contributed by atoms with Crippen LogP contribution in [0, 0.1) is 6.92 Å². The Hall–Kier alpha value is -1.48. The Bertz CT molecular complexity index is 356. The van der Waals surface area contributed by atoms with Crippen molar-refractivity contribution in [3.63, 3.8) is 0 Å². The van der Waals surface area contributed by atoms with Gasteiger partial charge in [-0.15, -0.1) is 0 Å². The number of nitrogens with zero attached hydrogens (tertiary/aromatic N) is 1. The van der Waals surface area contributed by atoms with Crippen molar-refractivity contribution in [2.24, 2.45) is 0 Å². The number of aliphatic hydroxyl groups excluding tert-OH is 1. The molecule has 74 valence electrons. The molecule has 1 atom stereocenters. The summed E-state index contributed by atoms with van der Waals surface area (Å²) in [5.41, 5.74) is 6.24. The first-order chi connectivity index (χ1) is 6.66. The van der Waals surface area contributed by atoms with E-state index >= 15 is 0 Å². The number of hydrogen-bond acceptors (Lipinski definition) is 3. The molecule has 3 heteroatoms. The summed E-state index contributed by atoms with van der Waals surface area (Å²) in [7, 11) is 0. The molecule has 1 aliphatic rings. The van der Waals surface area contributed by atoms with Gasteiger partial charge < -0.3 is 10.5 Å². The standard InChI is InChI=1S/C11H14N2O/c1-8-3-5-10(6-4-8)13-11(14)7-9(2)12-13/h3-7,11-12,14H,1-2H3/t11-/m0/s1. The van der Waals surface area contributed by atoms with Crippen LogP contribution in [0.5, 0.6) is 0 Å². The van der Waals surface area contributed by atoms with Gasteiger partial charge in [0.15, 0.2) is 6.23 Å². The summed E-state index contributed by atoms with van der Waals surface area (Å²) < 4.78 is 0. The van der Waals surface area contributed by atoms with Crippen molar-refractivity contribution in [1.82, 2.24) is 5.43 Å². The molecule has 1 aliphatic heterocycles. The minimum atomic E-state index is -0.572. The molecule has 1 aromatic carbocycles. The van der Waals surface area contributed by atoms with Gasteiger partial charge in [0, 0.05) is 5.70 Å². The van der Waals surface area contributed by atoms with Crippen molar-refractivity contribution in [2.45, 2.75) is 20.1 Å². The molecule has 0 spiro atoms. The zero-order valence-corrected chi connectivity index (χ0v) is 8.36. The van der Waals surface area contributed by atoms with Crippen molar-refractivity contribution >= 4 is 5.69 Å². The van der Waals surface area contributed by atoms with Crippen LogP contribution in [0.2, 0.25) is 0 Å². The van der Waals surface area contributed by atoms with Gasteiger partial charge in [0.1, 0.15) is 0 Å². The highest BCUT2D eigenvalue weighted by atomic mass is 16.3. The van der Waals surface area contributed by atoms with E-state index in [1.54, 1.807) is 11.1 Å². The SMILES string of the molecule is CC1=C[C@H](O)N(c2ccc(C)cc2)N1. The van der Waals surface area contributed by atoms with Gasteiger partial charge in [0.25, 0.3) is 0 Å². The van der Waals surface area contributed by atoms with E-state index in [2.05, 4.69) is 5.43 Å². The third-order valence-electron chi connectivity index (χ3n) is 2.27. The molecule has 0 fully saturated rings. The molecular weight excluding hydrogens is 176 g/mol. The van der Waals surface area contributed by atoms with Gasteiger partial charge >= 0.3 is 0 Å². The van der Waals surface area contributed by atoms with E-state index in [0.717, 1.165) is 11.4 Å². The number of hydrogen-bond donors (Lipinski definition) is 2. The summed E-state index contributed by atoms with van der Waals surface area (Å²) in [4.78, 5) is 0. The molecule has 0 amide bonds. The van der Waals surface area contributed by atoms with Crippen molar-refractivity contribution in [3.05, 3.63) is 41.6 Å². The summed E-state index contributed by atoms with van der Waals surface area (Å²) in [5, 5.41) is 11.4. The van der Waals surface area contributed by atoms with Gasteiger partial charge in [-0.25, -0.2) is 0 Å². The third-order valence-corrected chi connectivity index (χ3v) is 2.27. The van der Waals surface area contributed by atoms with E-state index in [1.165, 1.54) is 5.56 Å². The fourth-order valence-electron chi connectivity index (χ4n) is 1.51. The summed E-state index contributed by atoms with van der Waals surface area (Å²) in [6.07, 6.45) is 1.21. The average molecular weight is 190 g/mol. The minimum absolute atomic E-state index is 0.572. The minimum Gasteiger partial charge on any atom is -0.368 e. The smallest absolute Gasteiger partial charge is 0.166 e. The van der Waals surface area contributed by atoms with Gasteiger partial charge in [0.2, 0.25) is 0 Å². The van der Waals surface area contributed by atoms with E-state index in [4.69, 9.17) is 0 Å². The largest absolute Gasteiger partial charge is 0.368 e. The summed E-state index contributed by atoms with van der Waals surface area (Å²) in [6.45, 7) is 3.97. The van der Waals surface area contributed by atoms with E-state index < -0.39 is 6.23 Å². The fraction of sp³-hybridized carbons (Fsp3) is 0.273. The summed E-state index contributed by atoms with van der Waals surface area (Å²) >= 11 is 0. The second-order valence-electron chi connectivity index (χ2n) is 3.58. The number of hydrazine groups is 1. The van der Waals surface area contributed by atoms with Gasteiger partial charge in [-0.2, -0.15) is 0 Å². The van der Waals surface area contributed by atoms with Crippen molar-refractivity contribution in [3.8, 4) is 0 Å². The van der Waals surface area contributed by atoms with Crippen LogP contribution in [0.3, 0.4) is 0 Å².